The van der Waals surface area contributed by atoms with Crippen molar-refractivity contribution >= 4 is 11.9 Å². The van der Waals surface area contributed by atoms with Gasteiger partial charge < -0.3 is 24.0 Å². The van der Waals surface area contributed by atoms with Crippen LogP contribution in [0.4, 0.5) is 0 Å². The largest absolute Gasteiger partial charge is 0.481 e. The average molecular weight is 455 g/mol. The van der Waals surface area contributed by atoms with E-state index in [-0.39, 0.29) is 35.5 Å². The predicted molar refractivity (Wildman–Crippen MR) is 119 cm³/mol. The Balaban J connectivity index is 1.25. The number of aromatic nitrogens is 2. The second-order valence-electron chi connectivity index (χ2n) is 9.78. The highest BCUT2D eigenvalue weighted by Crippen LogP contribution is 2.36. The molecule has 176 valence electrons. The van der Waals surface area contributed by atoms with E-state index in [1.165, 1.54) is 6.20 Å². The number of rotatable bonds is 6. The molecule has 0 unspecified atom stereocenters. The molecule has 2 bridgehead atoms. The van der Waals surface area contributed by atoms with E-state index < -0.39 is 5.97 Å². The molecule has 5 heterocycles. The van der Waals surface area contributed by atoms with Gasteiger partial charge in [0, 0.05) is 62.9 Å². The molecule has 9 heteroatoms. The Morgan fingerprint density at radius 1 is 1.12 bits per heavy atom. The third-order valence-electron chi connectivity index (χ3n) is 7.64. The molecular formula is C24H30N4O5. The standard InChI is InChI=1S/C24H30N4O5/c29-22-3-1-2-20-19-10-16(13-28(20)22)12-26(14-19)8-5-18-15-27(9-6-17(18)11-23(30)31)24(32)21-4-7-25-33-21/h1-4,7,16-19H,5-6,8-15H2,(H,30,31)/t16-,17+,18-,19-/m1/s1. The number of likely N-dealkylation sites (tertiary alicyclic amines) is 2. The molecule has 5 rings (SSSR count). The second kappa shape index (κ2) is 9.13. The fourth-order valence-corrected chi connectivity index (χ4v) is 6.09. The minimum absolute atomic E-state index is 0.0601. The number of amides is 1. The van der Waals surface area contributed by atoms with E-state index in [2.05, 4.69) is 16.1 Å². The van der Waals surface area contributed by atoms with Crippen molar-refractivity contribution in [1.29, 1.82) is 0 Å². The number of pyridine rings is 1. The zero-order valence-corrected chi connectivity index (χ0v) is 18.6. The summed E-state index contributed by atoms with van der Waals surface area (Å²) in [5.74, 6) is 0.265. The van der Waals surface area contributed by atoms with Crippen LogP contribution in [0, 0.1) is 17.8 Å². The van der Waals surface area contributed by atoms with Gasteiger partial charge in [-0.25, -0.2) is 0 Å². The molecule has 4 atom stereocenters. The summed E-state index contributed by atoms with van der Waals surface area (Å²) in [7, 11) is 0. The van der Waals surface area contributed by atoms with Crippen molar-refractivity contribution in [3.8, 4) is 0 Å². The molecule has 0 spiro atoms. The molecule has 33 heavy (non-hydrogen) atoms. The molecule has 0 saturated carbocycles. The Hall–Kier alpha value is -2.94. The van der Waals surface area contributed by atoms with Crippen molar-refractivity contribution < 1.29 is 19.2 Å². The third kappa shape index (κ3) is 4.59. The summed E-state index contributed by atoms with van der Waals surface area (Å²) in [6, 6.07) is 7.13. The minimum atomic E-state index is -0.783. The number of carbonyl (C=O) groups excluding carboxylic acids is 1. The Morgan fingerprint density at radius 3 is 2.79 bits per heavy atom. The highest BCUT2D eigenvalue weighted by Gasteiger charge is 2.37. The van der Waals surface area contributed by atoms with Gasteiger partial charge in [-0.1, -0.05) is 11.2 Å². The maximum absolute atomic E-state index is 12.8. The predicted octanol–water partition coefficient (Wildman–Crippen LogP) is 1.90. The van der Waals surface area contributed by atoms with Crippen LogP contribution in [0.5, 0.6) is 0 Å². The van der Waals surface area contributed by atoms with Gasteiger partial charge in [-0.3, -0.25) is 14.4 Å². The molecule has 1 amide bonds. The monoisotopic (exact) mass is 454 g/mol. The third-order valence-corrected chi connectivity index (χ3v) is 7.64. The van der Waals surface area contributed by atoms with E-state index in [0.717, 1.165) is 44.7 Å². The number of carbonyl (C=O) groups is 2. The van der Waals surface area contributed by atoms with Crippen molar-refractivity contribution in [3.05, 3.63) is 52.3 Å². The van der Waals surface area contributed by atoms with Crippen LogP contribution in [-0.2, 0) is 11.3 Å². The number of hydrogen-bond acceptors (Lipinski definition) is 6. The molecule has 0 aliphatic carbocycles. The van der Waals surface area contributed by atoms with Gasteiger partial charge >= 0.3 is 5.97 Å². The van der Waals surface area contributed by atoms with Crippen molar-refractivity contribution in [2.75, 3.05) is 32.7 Å². The Labute approximate surface area is 192 Å². The fraction of sp³-hybridized carbons (Fsp3) is 0.583. The topological polar surface area (TPSA) is 109 Å². The van der Waals surface area contributed by atoms with E-state index in [4.69, 9.17) is 4.52 Å². The van der Waals surface area contributed by atoms with Gasteiger partial charge in [-0.2, -0.15) is 0 Å². The molecule has 3 aliphatic heterocycles. The zero-order chi connectivity index (χ0) is 22.9. The molecule has 0 aromatic carbocycles. The van der Waals surface area contributed by atoms with E-state index in [1.807, 2.05) is 10.6 Å². The molecular weight excluding hydrogens is 424 g/mol. The highest BCUT2D eigenvalue weighted by atomic mass is 16.5. The SMILES string of the molecule is O=C(O)C[C@@H]1CCN(C(=O)c2ccno2)C[C@H]1CCN1C[C@H]2C[C@H](C1)c1cccc(=O)n1C2. The van der Waals surface area contributed by atoms with Crippen LogP contribution in [0.15, 0.2) is 39.8 Å². The van der Waals surface area contributed by atoms with Crippen molar-refractivity contribution in [2.45, 2.75) is 38.1 Å². The van der Waals surface area contributed by atoms with E-state index >= 15 is 0 Å². The van der Waals surface area contributed by atoms with Crippen molar-refractivity contribution in [3.63, 3.8) is 0 Å². The maximum Gasteiger partial charge on any atom is 0.303 e. The summed E-state index contributed by atoms with van der Waals surface area (Å²) in [4.78, 5) is 40.7. The van der Waals surface area contributed by atoms with Gasteiger partial charge in [0.15, 0.2) is 0 Å². The lowest BCUT2D eigenvalue weighted by Crippen LogP contribution is -2.49. The molecule has 0 radical (unpaired) electrons. The maximum atomic E-state index is 12.8. The van der Waals surface area contributed by atoms with Gasteiger partial charge in [0.05, 0.1) is 6.20 Å². The van der Waals surface area contributed by atoms with Gasteiger partial charge in [-0.05, 0) is 49.6 Å². The van der Waals surface area contributed by atoms with Crippen LogP contribution < -0.4 is 5.56 Å². The summed E-state index contributed by atoms with van der Waals surface area (Å²) in [6.45, 7) is 4.58. The molecule has 2 fully saturated rings. The smallest absolute Gasteiger partial charge is 0.303 e. The van der Waals surface area contributed by atoms with Crippen molar-refractivity contribution in [2.24, 2.45) is 17.8 Å². The van der Waals surface area contributed by atoms with Gasteiger partial charge in [-0.15, -0.1) is 0 Å². The lowest BCUT2D eigenvalue weighted by atomic mass is 9.80. The van der Waals surface area contributed by atoms with Crippen LogP contribution in [-0.4, -0.2) is 69.2 Å². The van der Waals surface area contributed by atoms with Crippen LogP contribution in [0.3, 0.4) is 0 Å². The number of carboxylic acid groups (broad SMARTS) is 1. The van der Waals surface area contributed by atoms with Crippen LogP contribution in [0.1, 0.15) is 47.8 Å². The van der Waals surface area contributed by atoms with Crippen LogP contribution in [0.2, 0.25) is 0 Å². The molecule has 2 aromatic heterocycles. The number of nitrogens with zero attached hydrogens (tertiary/aromatic N) is 4. The first-order valence-electron chi connectivity index (χ1n) is 11.8. The minimum Gasteiger partial charge on any atom is -0.481 e. The first kappa shape index (κ1) is 21.9. The summed E-state index contributed by atoms with van der Waals surface area (Å²) in [6.07, 6.45) is 4.24. The summed E-state index contributed by atoms with van der Waals surface area (Å²) in [5, 5.41) is 13.0. The summed E-state index contributed by atoms with van der Waals surface area (Å²) < 4.78 is 6.98. The molecule has 1 N–H and O–H groups in total. The average Bonchev–Trinajstić information content (AvgIpc) is 3.33. The van der Waals surface area contributed by atoms with E-state index in [0.29, 0.717) is 31.3 Å². The molecule has 2 aromatic rings. The quantitative estimate of drug-likeness (QED) is 0.710. The Bertz CT molecular complexity index is 1070. The van der Waals surface area contributed by atoms with E-state index in [9.17, 15) is 19.5 Å². The zero-order valence-electron chi connectivity index (χ0n) is 18.6. The van der Waals surface area contributed by atoms with Crippen LogP contribution in [0.25, 0.3) is 0 Å². The Morgan fingerprint density at radius 2 is 2.00 bits per heavy atom. The number of piperidine rings is 2. The van der Waals surface area contributed by atoms with Gasteiger partial charge in [0.2, 0.25) is 5.76 Å². The molecule has 9 nitrogen and oxygen atoms in total. The number of aliphatic carboxylic acids is 1. The molecule has 3 aliphatic rings. The van der Waals surface area contributed by atoms with Crippen molar-refractivity contribution in [1.82, 2.24) is 19.5 Å². The number of hydrogen-bond donors (Lipinski definition) is 1. The normalized spacial score (nSPS) is 27.2. The van der Waals surface area contributed by atoms with Crippen LogP contribution >= 0.6 is 0 Å². The fourth-order valence-electron chi connectivity index (χ4n) is 6.09. The number of carboxylic acids is 1. The second-order valence-corrected chi connectivity index (χ2v) is 9.78. The van der Waals surface area contributed by atoms with E-state index in [1.54, 1.807) is 17.0 Å². The van der Waals surface area contributed by atoms with Gasteiger partial charge in [0.1, 0.15) is 0 Å². The lowest BCUT2D eigenvalue weighted by molar-refractivity contribution is -0.139. The Kier molecular flexibility index (Phi) is 6.05. The first-order chi connectivity index (χ1) is 16.0. The number of fused-ring (bicyclic) bond motifs is 4. The van der Waals surface area contributed by atoms with Gasteiger partial charge in [0.25, 0.3) is 11.5 Å². The molecule has 2 saturated heterocycles. The highest BCUT2D eigenvalue weighted by molar-refractivity contribution is 5.91. The first-order valence-corrected chi connectivity index (χ1v) is 11.8. The summed E-state index contributed by atoms with van der Waals surface area (Å²) >= 11 is 0. The summed E-state index contributed by atoms with van der Waals surface area (Å²) in [5.41, 5.74) is 1.22. The lowest BCUT2D eigenvalue weighted by Gasteiger charge is -2.44.